The zero-order valence-electron chi connectivity index (χ0n) is 73.5. The molecular weight excluding hydrogens is 1750 g/mol. The number of rotatable bonds is 6. The monoisotopic (exact) mass is 1830 g/mol. The molecule has 0 aliphatic rings. The molecule has 0 radical (unpaired) electrons. The summed E-state index contributed by atoms with van der Waals surface area (Å²) in [5.74, 6) is -1.41. The van der Waals surface area contributed by atoms with E-state index in [0.29, 0.717) is 77.0 Å². The SMILES string of the molecule is Oc1cc(-c2cc(O)c(O)c3ccccc23)c2ccccc2c1O.Oc1cc2ccccc2c(-c2c(O)ccc3ccccc23)c1O.Oc1cc2ccccc2c(-c2cccc3ccccc23)c1O.Oc1ccc2c(-c3c(O)ccc4ccccc34)c(O)ccc2c1.Oc1ccc2cccc(O)c2c1-c1c(O)ccc2cccc(O)c12.Oc1ccc2ccccc2c1-c1cc(O)c(O)c2ccccc12. The van der Waals surface area contributed by atoms with Crippen molar-refractivity contribution in [3.8, 4) is 176 Å². The average molecular weight is 1830 g/mol. The summed E-state index contributed by atoms with van der Waals surface area (Å²) in [6.45, 7) is 0. The number of benzene rings is 24. The van der Waals surface area contributed by atoms with Crippen molar-refractivity contribution in [2.45, 2.75) is 0 Å². The maximum absolute atomic E-state index is 10.5. The Balaban J connectivity index is 0.000000106. The Kier molecular flexibility index (Phi) is 23.6. The molecule has 678 valence electrons. The highest BCUT2D eigenvalue weighted by Gasteiger charge is 2.26. The first kappa shape index (κ1) is 88.9. The van der Waals surface area contributed by atoms with E-state index in [4.69, 9.17) is 0 Å². The van der Waals surface area contributed by atoms with Crippen LogP contribution in [0.2, 0.25) is 0 Å². The fourth-order valence-corrected chi connectivity index (χ4v) is 18.7. The van der Waals surface area contributed by atoms with Gasteiger partial charge in [0.25, 0.3) is 0 Å². The van der Waals surface area contributed by atoms with Gasteiger partial charge in [-0.25, -0.2) is 0 Å². The summed E-state index contributed by atoms with van der Waals surface area (Å²) in [5.41, 5.74) is 6.94. The number of phenols is 19. The van der Waals surface area contributed by atoms with E-state index in [-0.39, 0.29) is 120 Å². The van der Waals surface area contributed by atoms with Gasteiger partial charge < -0.3 is 97.0 Å². The Labute approximate surface area is 791 Å². The smallest absolute Gasteiger partial charge is 0.166 e. The molecule has 19 heteroatoms. The third kappa shape index (κ3) is 16.5. The third-order valence-corrected chi connectivity index (χ3v) is 25.1. The number of fused-ring (bicyclic) bond motifs is 12. The van der Waals surface area contributed by atoms with Gasteiger partial charge in [-0.2, -0.15) is 0 Å². The Morgan fingerprint density at radius 3 is 0.777 bits per heavy atom. The van der Waals surface area contributed by atoms with Gasteiger partial charge in [0, 0.05) is 71.4 Å². The van der Waals surface area contributed by atoms with E-state index in [0.717, 1.165) is 108 Å². The molecule has 0 fully saturated rings. The van der Waals surface area contributed by atoms with Gasteiger partial charge in [0.2, 0.25) is 0 Å². The molecule has 19 nitrogen and oxygen atoms in total. The minimum atomic E-state index is -0.236. The first-order chi connectivity index (χ1) is 67.4. The highest BCUT2D eigenvalue weighted by atomic mass is 16.3. The van der Waals surface area contributed by atoms with Crippen molar-refractivity contribution in [1.29, 1.82) is 0 Å². The van der Waals surface area contributed by atoms with Crippen LogP contribution < -0.4 is 0 Å². The molecule has 24 aromatic rings. The molecule has 24 rings (SSSR count). The van der Waals surface area contributed by atoms with Gasteiger partial charge in [0.05, 0.1) is 0 Å². The lowest BCUT2D eigenvalue weighted by Crippen LogP contribution is -1.88. The van der Waals surface area contributed by atoms with Crippen molar-refractivity contribution in [1.82, 2.24) is 0 Å². The second kappa shape index (κ2) is 37.0. The summed E-state index contributed by atoms with van der Waals surface area (Å²) in [7, 11) is 0. The van der Waals surface area contributed by atoms with Gasteiger partial charge >= 0.3 is 0 Å². The summed E-state index contributed by atoms with van der Waals surface area (Å²) >= 11 is 0. The van der Waals surface area contributed by atoms with Crippen LogP contribution in [-0.2, 0) is 0 Å². The van der Waals surface area contributed by atoms with Gasteiger partial charge in [-0.15, -0.1) is 0 Å². The van der Waals surface area contributed by atoms with E-state index in [2.05, 4.69) is 0 Å². The molecule has 0 amide bonds. The summed E-state index contributed by atoms with van der Waals surface area (Å²) in [6.07, 6.45) is 0. The van der Waals surface area contributed by atoms with E-state index < -0.39 is 0 Å². The molecular formula is C120H84O19. The highest BCUT2D eigenvalue weighted by Crippen LogP contribution is 2.55. The summed E-state index contributed by atoms with van der Waals surface area (Å²) < 4.78 is 0. The topological polar surface area (TPSA) is 384 Å². The average Bonchev–Trinajstić information content (AvgIpc) is 0.744. The number of hydrogen-bond acceptors (Lipinski definition) is 19. The molecule has 19 N–H and O–H groups in total. The second-order valence-electron chi connectivity index (χ2n) is 33.3. The van der Waals surface area contributed by atoms with Crippen molar-refractivity contribution >= 4 is 129 Å². The number of phenolic OH excluding ortho intramolecular Hbond substituents is 19. The maximum Gasteiger partial charge on any atom is 0.166 e. The van der Waals surface area contributed by atoms with Crippen LogP contribution in [0.4, 0.5) is 0 Å². The lowest BCUT2D eigenvalue weighted by Gasteiger charge is -2.15. The predicted octanol–water partition coefficient (Wildman–Crippen LogP) is 28.4. The molecule has 139 heavy (non-hydrogen) atoms. The quantitative estimate of drug-likeness (QED) is 0.0688. The minimum Gasteiger partial charge on any atom is -0.508 e. The number of hydrogen-bond donors (Lipinski definition) is 19. The molecule has 0 unspecified atom stereocenters. The minimum absolute atomic E-state index is 0.00905. The molecule has 24 aromatic carbocycles. The maximum atomic E-state index is 10.5. The molecule has 0 saturated carbocycles. The molecule has 0 saturated heterocycles. The van der Waals surface area contributed by atoms with Crippen molar-refractivity contribution in [3.05, 3.63) is 394 Å². The summed E-state index contributed by atoms with van der Waals surface area (Å²) in [6, 6.07) is 117. The molecule has 0 bridgehead atoms. The van der Waals surface area contributed by atoms with Crippen molar-refractivity contribution in [3.63, 3.8) is 0 Å². The van der Waals surface area contributed by atoms with Crippen molar-refractivity contribution in [2.24, 2.45) is 0 Å². The Bertz CT molecular complexity index is 8860. The second-order valence-corrected chi connectivity index (χ2v) is 33.3. The predicted molar refractivity (Wildman–Crippen MR) is 553 cm³/mol. The van der Waals surface area contributed by atoms with Crippen LogP contribution >= 0.6 is 0 Å². The Morgan fingerprint density at radius 2 is 0.360 bits per heavy atom. The van der Waals surface area contributed by atoms with Crippen LogP contribution in [0.3, 0.4) is 0 Å². The highest BCUT2D eigenvalue weighted by molar-refractivity contribution is 6.17. The van der Waals surface area contributed by atoms with E-state index in [9.17, 15) is 97.0 Å². The molecule has 0 aliphatic heterocycles. The zero-order valence-corrected chi connectivity index (χ0v) is 73.5. The van der Waals surface area contributed by atoms with Crippen LogP contribution in [-0.4, -0.2) is 97.0 Å². The van der Waals surface area contributed by atoms with Crippen LogP contribution in [0.5, 0.6) is 109 Å². The van der Waals surface area contributed by atoms with Crippen molar-refractivity contribution in [2.75, 3.05) is 0 Å². The van der Waals surface area contributed by atoms with E-state index in [1.807, 2.05) is 218 Å². The van der Waals surface area contributed by atoms with E-state index in [1.165, 1.54) is 48.5 Å². The summed E-state index contributed by atoms with van der Waals surface area (Å²) in [5, 5.41) is 213. The first-order valence-corrected chi connectivity index (χ1v) is 44.0. The molecule has 0 aliphatic carbocycles. The molecule has 0 atom stereocenters. The van der Waals surface area contributed by atoms with E-state index in [1.54, 1.807) is 127 Å². The first-order valence-electron chi connectivity index (χ1n) is 44.0. The van der Waals surface area contributed by atoms with Gasteiger partial charge in [-0.3, -0.25) is 0 Å². The normalized spacial score (nSPS) is 11.1. The lowest BCUT2D eigenvalue weighted by molar-refractivity contribution is 0.406. The van der Waals surface area contributed by atoms with Crippen molar-refractivity contribution < 1.29 is 97.0 Å². The fourth-order valence-electron chi connectivity index (χ4n) is 18.7. The van der Waals surface area contributed by atoms with Crippen LogP contribution in [0.1, 0.15) is 0 Å². The van der Waals surface area contributed by atoms with Crippen LogP contribution in [0.15, 0.2) is 394 Å². The standard InChI is InChI=1S/2C20H14O4.3C20H14O3.C20H14O2/c21-13-5-1-3-11-7-9-15(23)19(17(11)13)20-16(24)10-8-12-4-2-6-14(22)18(12)20;21-17-9-15(11-5-1-3-7-13(11)19(17)23)16-10-18(22)20(24)14-8-4-2-6-12(14)16;21-16-10-9-12-5-1-3-7-14(12)18(16)19-15-8-4-2-6-13(15)11-17(22)20(19)23;21-17-10-9-12-5-1-2-6-13(12)19(17)16-11-18(22)20(23)15-8-4-3-7-14(15)16;21-14-7-8-16-13(11-14)6-10-18(23)20(16)19-15-4-2-1-3-12(15)5-9-17(19)22;21-18-12-14-7-2-4-10-16(14)19(20(18)22)17-11-5-8-13-6-1-3-9-15(13)17/h2*1-10,21-24H;3*1-11,21-23H;1-12,21-22H. The Hall–Kier alpha value is -19.4. The molecule has 0 spiro atoms. The fraction of sp³-hybridized carbons (Fsp3) is 0. The third-order valence-electron chi connectivity index (χ3n) is 25.1. The molecule has 0 heterocycles. The lowest BCUT2D eigenvalue weighted by atomic mass is 9.91. The largest absolute Gasteiger partial charge is 0.508 e. The Morgan fingerprint density at radius 1 is 0.108 bits per heavy atom. The van der Waals surface area contributed by atoms with Crippen LogP contribution in [0.25, 0.3) is 196 Å². The van der Waals surface area contributed by atoms with Gasteiger partial charge in [-0.05, 0) is 222 Å². The zero-order chi connectivity index (χ0) is 96.7. The molecule has 0 aromatic heterocycles. The van der Waals surface area contributed by atoms with Gasteiger partial charge in [0.1, 0.15) is 51.7 Å². The number of aromatic hydroxyl groups is 19. The van der Waals surface area contributed by atoms with Gasteiger partial charge in [0.15, 0.2) is 57.5 Å². The van der Waals surface area contributed by atoms with Gasteiger partial charge in [-0.1, -0.05) is 297 Å². The van der Waals surface area contributed by atoms with Crippen LogP contribution in [0, 0.1) is 0 Å². The van der Waals surface area contributed by atoms with E-state index >= 15 is 0 Å². The summed E-state index contributed by atoms with van der Waals surface area (Å²) in [4.78, 5) is 0.